The maximum atomic E-state index is 9.32. The first kappa shape index (κ1) is 10.8. The Balaban J connectivity index is 3.07. The van der Waals surface area contributed by atoms with Gasteiger partial charge < -0.3 is 20.7 Å². The number of ether oxygens (including phenoxy) is 1. The molecule has 0 saturated carbocycles. The van der Waals surface area contributed by atoms with E-state index in [-0.39, 0.29) is 5.75 Å². The summed E-state index contributed by atoms with van der Waals surface area (Å²) in [6.07, 6.45) is -0.659. The fourth-order valence-corrected chi connectivity index (χ4v) is 1.24. The Labute approximate surface area is 82.9 Å². The van der Waals surface area contributed by atoms with Crippen molar-refractivity contribution in [3.8, 4) is 11.5 Å². The van der Waals surface area contributed by atoms with Crippen LogP contribution in [0.2, 0.25) is 0 Å². The number of aliphatic hydroxyl groups excluding tert-OH is 1. The van der Waals surface area contributed by atoms with Gasteiger partial charge in [-0.1, -0.05) is 0 Å². The highest BCUT2D eigenvalue weighted by atomic mass is 16.5. The second kappa shape index (κ2) is 4.30. The van der Waals surface area contributed by atoms with Crippen LogP contribution < -0.4 is 10.5 Å². The number of nitrogens with two attached hydrogens (primary N) is 1. The smallest absolute Gasteiger partial charge is 0.127 e. The predicted octanol–water partition coefficient (Wildman–Crippen LogP) is 0.781. The third kappa shape index (κ3) is 2.16. The first-order chi connectivity index (χ1) is 6.56. The normalized spacial score (nSPS) is 14.9. The van der Waals surface area contributed by atoms with Crippen molar-refractivity contribution in [3.05, 3.63) is 23.8 Å². The molecular weight excluding hydrogens is 182 g/mol. The van der Waals surface area contributed by atoms with Crippen LogP contribution in [0.5, 0.6) is 11.5 Å². The second-order valence-corrected chi connectivity index (χ2v) is 3.19. The lowest BCUT2D eigenvalue weighted by Gasteiger charge is -2.18. The van der Waals surface area contributed by atoms with Gasteiger partial charge in [-0.2, -0.15) is 0 Å². The molecule has 2 atom stereocenters. The summed E-state index contributed by atoms with van der Waals surface area (Å²) in [5.41, 5.74) is 6.43. The molecule has 0 heterocycles. The molecule has 4 heteroatoms. The van der Waals surface area contributed by atoms with Crippen LogP contribution in [-0.4, -0.2) is 23.4 Å². The van der Waals surface area contributed by atoms with Gasteiger partial charge in [0.2, 0.25) is 0 Å². The van der Waals surface area contributed by atoms with Gasteiger partial charge >= 0.3 is 0 Å². The zero-order valence-corrected chi connectivity index (χ0v) is 8.27. The molecule has 0 spiro atoms. The van der Waals surface area contributed by atoms with Gasteiger partial charge in [0.15, 0.2) is 0 Å². The maximum Gasteiger partial charge on any atom is 0.127 e. The fraction of sp³-hybridized carbons (Fsp3) is 0.400. The Kier molecular flexibility index (Phi) is 3.33. The van der Waals surface area contributed by atoms with Gasteiger partial charge in [-0.15, -0.1) is 0 Å². The van der Waals surface area contributed by atoms with Crippen molar-refractivity contribution < 1.29 is 14.9 Å². The van der Waals surface area contributed by atoms with E-state index in [9.17, 15) is 10.2 Å². The van der Waals surface area contributed by atoms with E-state index < -0.39 is 12.1 Å². The minimum Gasteiger partial charge on any atom is -0.508 e. The second-order valence-electron chi connectivity index (χ2n) is 3.19. The van der Waals surface area contributed by atoms with Gasteiger partial charge in [-0.3, -0.25) is 0 Å². The van der Waals surface area contributed by atoms with Crippen molar-refractivity contribution in [1.82, 2.24) is 0 Å². The molecule has 1 rings (SSSR count). The molecular formula is C10H15NO3. The van der Waals surface area contributed by atoms with Crippen molar-refractivity contribution in [2.24, 2.45) is 5.73 Å². The van der Waals surface area contributed by atoms with Gasteiger partial charge in [0.05, 0.1) is 19.3 Å². The molecule has 0 bridgehead atoms. The molecule has 1 unspecified atom stereocenters. The van der Waals surface area contributed by atoms with Crippen molar-refractivity contribution in [2.45, 2.75) is 19.1 Å². The molecule has 1 aromatic rings. The quantitative estimate of drug-likeness (QED) is 0.669. The molecule has 4 N–H and O–H groups in total. The highest BCUT2D eigenvalue weighted by Gasteiger charge is 2.16. The molecule has 4 nitrogen and oxygen atoms in total. The van der Waals surface area contributed by atoms with Crippen LogP contribution in [0.4, 0.5) is 0 Å². The Morgan fingerprint density at radius 3 is 2.57 bits per heavy atom. The Morgan fingerprint density at radius 2 is 2.07 bits per heavy atom. The lowest BCUT2D eigenvalue weighted by Crippen LogP contribution is -2.23. The molecule has 0 saturated heterocycles. The Morgan fingerprint density at radius 1 is 1.43 bits per heavy atom. The maximum absolute atomic E-state index is 9.32. The van der Waals surface area contributed by atoms with E-state index in [0.717, 1.165) is 0 Å². The molecule has 0 amide bonds. The minimum atomic E-state index is -0.659. The average molecular weight is 197 g/mol. The van der Waals surface area contributed by atoms with Crippen LogP contribution in [0.25, 0.3) is 0 Å². The Bertz CT molecular complexity index is 312. The van der Waals surface area contributed by atoms with Crippen LogP contribution in [-0.2, 0) is 0 Å². The highest BCUT2D eigenvalue weighted by molar-refractivity contribution is 5.42. The standard InChI is InChI=1S/C10H15NO3/c1-6(12)10(11)8-4-3-7(13)5-9(8)14-2/h3-6,10,12-13H,11H2,1-2H3/t6?,10-/m0/s1. The van der Waals surface area contributed by atoms with E-state index in [1.807, 2.05) is 0 Å². The van der Waals surface area contributed by atoms with Crippen LogP contribution >= 0.6 is 0 Å². The Hall–Kier alpha value is -1.26. The predicted molar refractivity (Wildman–Crippen MR) is 53.3 cm³/mol. The molecule has 14 heavy (non-hydrogen) atoms. The summed E-state index contributed by atoms with van der Waals surface area (Å²) in [5.74, 6) is 0.599. The average Bonchev–Trinajstić information content (AvgIpc) is 2.16. The molecule has 0 fully saturated rings. The van der Waals surface area contributed by atoms with E-state index in [1.165, 1.54) is 19.2 Å². The van der Waals surface area contributed by atoms with E-state index in [2.05, 4.69) is 0 Å². The van der Waals surface area contributed by atoms with E-state index >= 15 is 0 Å². The largest absolute Gasteiger partial charge is 0.508 e. The number of aliphatic hydroxyl groups is 1. The topological polar surface area (TPSA) is 75.7 Å². The summed E-state index contributed by atoms with van der Waals surface area (Å²) in [6.45, 7) is 1.61. The molecule has 0 aliphatic rings. The molecule has 0 aromatic heterocycles. The SMILES string of the molecule is COc1cc(O)ccc1[C@@H](N)C(C)O. The molecule has 0 radical (unpaired) electrons. The van der Waals surface area contributed by atoms with E-state index in [1.54, 1.807) is 13.0 Å². The minimum absolute atomic E-state index is 0.114. The summed E-state index contributed by atoms with van der Waals surface area (Å²) in [5, 5.41) is 18.5. The van der Waals surface area contributed by atoms with Gasteiger partial charge in [-0.25, -0.2) is 0 Å². The summed E-state index contributed by atoms with van der Waals surface area (Å²) in [4.78, 5) is 0. The number of aromatic hydroxyl groups is 1. The molecule has 0 aliphatic heterocycles. The third-order valence-corrected chi connectivity index (χ3v) is 2.10. The van der Waals surface area contributed by atoms with Crippen molar-refractivity contribution in [3.63, 3.8) is 0 Å². The third-order valence-electron chi connectivity index (χ3n) is 2.10. The van der Waals surface area contributed by atoms with Crippen molar-refractivity contribution in [2.75, 3.05) is 7.11 Å². The summed E-state index contributed by atoms with van der Waals surface area (Å²) >= 11 is 0. The first-order valence-electron chi connectivity index (χ1n) is 4.36. The van der Waals surface area contributed by atoms with Crippen molar-refractivity contribution in [1.29, 1.82) is 0 Å². The van der Waals surface area contributed by atoms with E-state index in [0.29, 0.717) is 11.3 Å². The molecule has 1 aromatic carbocycles. The lowest BCUT2D eigenvalue weighted by molar-refractivity contribution is 0.162. The van der Waals surface area contributed by atoms with Gasteiger partial charge in [0.1, 0.15) is 11.5 Å². The zero-order valence-electron chi connectivity index (χ0n) is 8.27. The number of methoxy groups -OCH3 is 1. The van der Waals surface area contributed by atoms with Crippen LogP contribution in [0.3, 0.4) is 0 Å². The van der Waals surface area contributed by atoms with Crippen LogP contribution in [0.15, 0.2) is 18.2 Å². The lowest BCUT2D eigenvalue weighted by atomic mass is 10.0. The highest BCUT2D eigenvalue weighted by Crippen LogP contribution is 2.29. The summed E-state index contributed by atoms with van der Waals surface area (Å²) in [6, 6.07) is 4.12. The molecule has 78 valence electrons. The monoisotopic (exact) mass is 197 g/mol. The van der Waals surface area contributed by atoms with Gasteiger partial charge in [-0.05, 0) is 19.1 Å². The van der Waals surface area contributed by atoms with Gasteiger partial charge in [0.25, 0.3) is 0 Å². The molecule has 0 aliphatic carbocycles. The number of phenolic OH excluding ortho intramolecular Hbond substituents is 1. The number of phenols is 1. The zero-order chi connectivity index (χ0) is 10.7. The summed E-state index contributed by atoms with van der Waals surface area (Å²) in [7, 11) is 1.49. The van der Waals surface area contributed by atoms with Crippen LogP contribution in [0, 0.1) is 0 Å². The summed E-state index contributed by atoms with van der Waals surface area (Å²) < 4.78 is 5.05. The number of rotatable bonds is 3. The number of hydrogen-bond donors (Lipinski definition) is 3. The number of hydrogen-bond acceptors (Lipinski definition) is 4. The first-order valence-corrected chi connectivity index (χ1v) is 4.36. The van der Waals surface area contributed by atoms with E-state index in [4.69, 9.17) is 10.5 Å². The van der Waals surface area contributed by atoms with Gasteiger partial charge in [0, 0.05) is 11.6 Å². The number of benzene rings is 1. The van der Waals surface area contributed by atoms with Crippen molar-refractivity contribution >= 4 is 0 Å². The van der Waals surface area contributed by atoms with Crippen LogP contribution in [0.1, 0.15) is 18.5 Å². The fourth-order valence-electron chi connectivity index (χ4n) is 1.24.